The maximum Gasteiger partial charge on any atom is 0.314 e. The number of rotatable bonds is 7. The number of hydrogen-bond acceptors (Lipinski definition) is 2. The van der Waals surface area contributed by atoms with Gasteiger partial charge in [-0.2, -0.15) is 0 Å². The van der Waals surface area contributed by atoms with E-state index in [0.717, 1.165) is 30.2 Å². The Kier molecular flexibility index (Phi) is 5.43. The number of carbonyl (C=O) groups excluding carboxylic acids is 1. The minimum Gasteiger partial charge on any atom is -0.396 e. The predicted molar refractivity (Wildman–Crippen MR) is 82.6 cm³/mol. The Labute approximate surface area is 128 Å². The van der Waals surface area contributed by atoms with E-state index in [-0.39, 0.29) is 18.1 Å². The monoisotopic (exact) mass is 340 g/mol. The molecule has 2 rings (SSSR count). The summed E-state index contributed by atoms with van der Waals surface area (Å²) in [7, 11) is 0. The second-order valence-electron chi connectivity index (χ2n) is 5.50. The molecule has 20 heavy (non-hydrogen) atoms. The zero-order valence-corrected chi connectivity index (χ0v) is 13.1. The van der Waals surface area contributed by atoms with Crippen molar-refractivity contribution in [3.63, 3.8) is 0 Å². The molecule has 110 valence electrons. The van der Waals surface area contributed by atoms with Crippen molar-refractivity contribution in [3.8, 4) is 0 Å². The van der Waals surface area contributed by atoms with Crippen molar-refractivity contribution >= 4 is 22.0 Å². The van der Waals surface area contributed by atoms with Crippen molar-refractivity contribution in [3.05, 3.63) is 34.3 Å². The molecule has 0 unspecified atom stereocenters. The normalized spacial score (nSPS) is 15.7. The van der Waals surface area contributed by atoms with Gasteiger partial charge in [-0.25, -0.2) is 4.79 Å². The lowest BCUT2D eigenvalue weighted by molar-refractivity contribution is 0.203. The zero-order chi connectivity index (χ0) is 14.4. The largest absolute Gasteiger partial charge is 0.396 e. The molecular weight excluding hydrogens is 320 g/mol. The minimum absolute atomic E-state index is 0.0341. The third kappa shape index (κ3) is 4.80. The van der Waals surface area contributed by atoms with Crippen molar-refractivity contribution in [2.75, 3.05) is 19.7 Å². The van der Waals surface area contributed by atoms with E-state index >= 15 is 0 Å². The van der Waals surface area contributed by atoms with Crippen molar-refractivity contribution in [1.82, 2.24) is 10.6 Å². The molecule has 1 aromatic carbocycles. The van der Waals surface area contributed by atoms with Crippen LogP contribution in [-0.2, 0) is 6.42 Å². The van der Waals surface area contributed by atoms with Crippen molar-refractivity contribution < 1.29 is 9.90 Å². The van der Waals surface area contributed by atoms with Gasteiger partial charge in [0.15, 0.2) is 0 Å². The molecule has 1 aromatic rings. The van der Waals surface area contributed by atoms with E-state index in [9.17, 15) is 4.79 Å². The molecule has 1 saturated carbocycles. The van der Waals surface area contributed by atoms with Crippen molar-refractivity contribution in [2.45, 2.75) is 25.7 Å². The number of halogens is 1. The average Bonchev–Trinajstić information content (AvgIpc) is 3.22. The van der Waals surface area contributed by atoms with Crippen LogP contribution in [0.5, 0.6) is 0 Å². The van der Waals surface area contributed by atoms with E-state index in [1.165, 1.54) is 5.56 Å². The van der Waals surface area contributed by atoms with Gasteiger partial charge < -0.3 is 15.7 Å². The second kappa shape index (κ2) is 7.09. The van der Waals surface area contributed by atoms with Gasteiger partial charge in [-0.3, -0.25) is 0 Å². The topological polar surface area (TPSA) is 61.4 Å². The van der Waals surface area contributed by atoms with Gasteiger partial charge in [0.05, 0.1) is 6.61 Å². The first-order chi connectivity index (χ1) is 9.63. The van der Waals surface area contributed by atoms with Crippen LogP contribution >= 0.6 is 15.9 Å². The van der Waals surface area contributed by atoms with Crippen LogP contribution in [0.25, 0.3) is 0 Å². The van der Waals surface area contributed by atoms with Gasteiger partial charge in [0.25, 0.3) is 0 Å². The molecule has 5 heteroatoms. The van der Waals surface area contributed by atoms with Gasteiger partial charge in [0.2, 0.25) is 0 Å². The van der Waals surface area contributed by atoms with Crippen molar-refractivity contribution in [2.24, 2.45) is 5.41 Å². The molecule has 0 aliphatic heterocycles. The smallest absolute Gasteiger partial charge is 0.314 e. The lowest BCUT2D eigenvalue weighted by Gasteiger charge is -2.13. The molecule has 0 spiro atoms. The Hall–Kier alpha value is -1.07. The Morgan fingerprint density at radius 2 is 2.15 bits per heavy atom. The van der Waals surface area contributed by atoms with Crippen LogP contribution in [0.4, 0.5) is 4.79 Å². The molecule has 0 aromatic heterocycles. The van der Waals surface area contributed by atoms with E-state index in [1.807, 2.05) is 12.1 Å². The molecule has 0 radical (unpaired) electrons. The molecule has 3 N–H and O–H groups in total. The summed E-state index contributed by atoms with van der Waals surface area (Å²) in [6, 6.07) is 8.06. The van der Waals surface area contributed by atoms with Crippen LogP contribution < -0.4 is 10.6 Å². The molecule has 2 amide bonds. The van der Waals surface area contributed by atoms with E-state index in [2.05, 4.69) is 38.7 Å². The standard InChI is InChI=1S/C15H21BrN2O2/c16-13-5-1-3-12(9-13)4-2-8-17-14(20)18-10-15(11-19)6-7-15/h1,3,5,9,19H,2,4,6-8,10-11H2,(H2,17,18,20). The summed E-state index contributed by atoms with van der Waals surface area (Å²) in [5, 5.41) is 14.8. The molecular formula is C15H21BrN2O2. The molecule has 0 bridgehead atoms. The van der Waals surface area contributed by atoms with Crippen LogP contribution in [0, 0.1) is 5.41 Å². The highest BCUT2D eigenvalue weighted by molar-refractivity contribution is 9.10. The molecule has 1 fully saturated rings. The maximum atomic E-state index is 11.6. The molecule has 4 nitrogen and oxygen atoms in total. The summed E-state index contributed by atoms with van der Waals surface area (Å²) in [4.78, 5) is 11.6. The summed E-state index contributed by atoms with van der Waals surface area (Å²) >= 11 is 3.45. The first-order valence-corrected chi connectivity index (χ1v) is 7.80. The lowest BCUT2D eigenvalue weighted by atomic mass is 10.1. The second-order valence-corrected chi connectivity index (χ2v) is 6.42. The van der Waals surface area contributed by atoms with E-state index in [0.29, 0.717) is 13.1 Å². The van der Waals surface area contributed by atoms with Gasteiger partial charge in [0, 0.05) is 23.0 Å². The first-order valence-electron chi connectivity index (χ1n) is 7.01. The fourth-order valence-electron chi connectivity index (χ4n) is 2.08. The summed E-state index contributed by atoms with van der Waals surface area (Å²) in [6.45, 7) is 1.39. The molecule has 0 atom stereocenters. The van der Waals surface area contributed by atoms with Crippen LogP contribution in [0.2, 0.25) is 0 Å². The first kappa shape index (κ1) is 15.3. The Balaban J connectivity index is 1.57. The minimum atomic E-state index is -0.140. The van der Waals surface area contributed by atoms with Crippen LogP contribution in [0.3, 0.4) is 0 Å². The number of urea groups is 1. The lowest BCUT2D eigenvalue weighted by Crippen LogP contribution is -2.40. The highest BCUT2D eigenvalue weighted by atomic mass is 79.9. The number of amides is 2. The number of aliphatic hydroxyl groups excluding tert-OH is 1. The van der Waals surface area contributed by atoms with Gasteiger partial charge >= 0.3 is 6.03 Å². The maximum absolute atomic E-state index is 11.6. The van der Waals surface area contributed by atoms with Crippen LogP contribution in [0.1, 0.15) is 24.8 Å². The average molecular weight is 341 g/mol. The third-order valence-electron chi connectivity index (χ3n) is 3.73. The Morgan fingerprint density at radius 3 is 2.80 bits per heavy atom. The highest BCUT2D eigenvalue weighted by Crippen LogP contribution is 2.44. The Bertz CT molecular complexity index is 461. The zero-order valence-electron chi connectivity index (χ0n) is 11.5. The molecule has 0 heterocycles. The van der Waals surface area contributed by atoms with E-state index in [1.54, 1.807) is 0 Å². The van der Waals surface area contributed by atoms with Crippen molar-refractivity contribution in [1.29, 1.82) is 0 Å². The SMILES string of the molecule is O=C(NCCCc1cccc(Br)c1)NCC1(CO)CC1. The number of carbonyl (C=O) groups is 1. The molecule has 1 aliphatic carbocycles. The van der Waals surface area contributed by atoms with Crippen LogP contribution in [-0.4, -0.2) is 30.8 Å². The molecule has 0 saturated heterocycles. The highest BCUT2D eigenvalue weighted by Gasteiger charge is 2.41. The predicted octanol–water partition coefficient (Wildman–Crippen LogP) is 2.45. The summed E-state index contributed by atoms with van der Waals surface area (Å²) in [5.41, 5.74) is 1.23. The van der Waals surface area contributed by atoms with Gasteiger partial charge in [-0.1, -0.05) is 28.1 Å². The van der Waals surface area contributed by atoms with E-state index < -0.39 is 0 Å². The number of nitrogens with one attached hydrogen (secondary N) is 2. The van der Waals surface area contributed by atoms with E-state index in [4.69, 9.17) is 5.11 Å². The fourth-order valence-corrected chi connectivity index (χ4v) is 2.53. The summed E-state index contributed by atoms with van der Waals surface area (Å²) < 4.78 is 1.08. The number of hydrogen-bond donors (Lipinski definition) is 3. The number of aryl methyl sites for hydroxylation is 1. The third-order valence-corrected chi connectivity index (χ3v) is 4.23. The van der Waals surface area contributed by atoms with Crippen LogP contribution in [0.15, 0.2) is 28.7 Å². The number of aliphatic hydroxyl groups is 1. The summed E-state index contributed by atoms with van der Waals surface area (Å²) in [5.74, 6) is 0. The van der Waals surface area contributed by atoms with Gasteiger partial charge in [-0.05, 0) is 43.4 Å². The van der Waals surface area contributed by atoms with Gasteiger partial charge in [-0.15, -0.1) is 0 Å². The molecule has 1 aliphatic rings. The summed E-state index contributed by atoms with van der Waals surface area (Å²) in [6.07, 6.45) is 3.87. The Morgan fingerprint density at radius 1 is 1.35 bits per heavy atom. The fraction of sp³-hybridized carbons (Fsp3) is 0.533. The quantitative estimate of drug-likeness (QED) is 0.667. The van der Waals surface area contributed by atoms with Gasteiger partial charge in [0.1, 0.15) is 0 Å². The number of benzene rings is 1.